The molecule has 31 nitrogen and oxygen atoms in total. The standard InChI is InChI=1S/C41H68N5O26PS2/c1-16(49)43-23-29(56)35(75-11-7-5-6-10-74-15-21-27(54)30(57)32(59)38(69-21)70-33-19(13-48)68-37(64-3)24(28(33)55)44-17(2)50)41(39(60)65-4,71-34(23)25(52)18(51)12-47)72-73(62,63)66-14-20-26(53)31(58)36(67-20)46-9-8-22(42)45-40(46)61/h8-9,18-21,23-38,47-48,51-59H,5-7,10-15H2,1-4H3,(H,43,49)(H,44,50)(H,62,63)(H2,42,45,61)/t18-,19-,20-,21-,23-,24-,25-,26-,27+,28-,29-,30+,31-,32-,33+,34-,35-,36-,37-,38+,41-/m1/s1. The average Bonchev–Trinajstić information content (AvgIpc) is 3.64. The minimum atomic E-state index is -5.73. The largest absolute Gasteiger partial charge is 0.475 e. The Labute approximate surface area is 436 Å². The van der Waals surface area contributed by atoms with Gasteiger partial charge in [-0.15, -0.1) is 11.8 Å². The van der Waals surface area contributed by atoms with E-state index in [1.807, 2.05) is 0 Å². The lowest BCUT2D eigenvalue weighted by Crippen LogP contribution is -2.73. The molecule has 5 heterocycles. The van der Waals surface area contributed by atoms with Crippen molar-refractivity contribution in [1.29, 1.82) is 0 Å². The summed E-state index contributed by atoms with van der Waals surface area (Å²) in [5, 5.41) is 121. The molecule has 16 N–H and O–H groups in total. The van der Waals surface area contributed by atoms with Gasteiger partial charge in [-0.1, -0.05) is 6.42 Å². The molecule has 430 valence electrons. The Kier molecular flexibility index (Phi) is 23.4. The molecule has 75 heavy (non-hydrogen) atoms. The zero-order valence-corrected chi connectivity index (χ0v) is 43.4. The number of phosphoric ester groups is 1. The van der Waals surface area contributed by atoms with Crippen molar-refractivity contribution >= 4 is 54.9 Å². The number of nitrogens with zero attached hydrogens (tertiary/aromatic N) is 2. The van der Waals surface area contributed by atoms with E-state index in [4.69, 9.17) is 47.9 Å². The molecular weight excluding hydrogens is 1070 g/mol. The highest BCUT2D eigenvalue weighted by Crippen LogP contribution is 2.54. The number of rotatable bonds is 25. The monoisotopic (exact) mass is 1140 g/mol. The number of amides is 2. The number of anilines is 1. The molecule has 1 aromatic heterocycles. The van der Waals surface area contributed by atoms with Crippen molar-refractivity contribution in [2.45, 2.75) is 160 Å². The smallest absolute Gasteiger partial charge is 0.465 e. The van der Waals surface area contributed by atoms with Crippen molar-refractivity contribution in [2.75, 3.05) is 57.0 Å². The molecule has 5 rings (SSSR count). The number of thioether (sulfide) groups is 2. The quantitative estimate of drug-likeness (QED) is 0.0246. The molecule has 0 aliphatic carbocycles. The summed E-state index contributed by atoms with van der Waals surface area (Å²) in [4.78, 5) is 65.3. The summed E-state index contributed by atoms with van der Waals surface area (Å²) in [5.41, 5.74) is 4.55. The number of aliphatic hydroxyl groups is 11. The first-order valence-corrected chi connectivity index (χ1v) is 27.1. The van der Waals surface area contributed by atoms with Crippen LogP contribution in [-0.4, -0.2) is 261 Å². The van der Waals surface area contributed by atoms with Crippen LogP contribution in [0.25, 0.3) is 0 Å². The fraction of sp³-hybridized carbons (Fsp3) is 0.829. The number of nitrogens with one attached hydrogen (secondary N) is 2. The molecule has 0 spiro atoms. The maximum absolute atomic E-state index is 13.9. The van der Waals surface area contributed by atoms with E-state index in [9.17, 15) is 84.8 Å². The maximum Gasteiger partial charge on any atom is 0.475 e. The van der Waals surface area contributed by atoms with Gasteiger partial charge in [-0.3, -0.25) is 18.7 Å². The van der Waals surface area contributed by atoms with E-state index in [0.29, 0.717) is 18.6 Å². The van der Waals surface area contributed by atoms with E-state index >= 15 is 0 Å². The van der Waals surface area contributed by atoms with Gasteiger partial charge in [0.05, 0.1) is 50.4 Å². The van der Waals surface area contributed by atoms with Gasteiger partial charge in [0.15, 0.2) is 18.8 Å². The molecule has 0 bridgehead atoms. The van der Waals surface area contributed by atoms with Gasteiger partial charge in [0, 0.05) is 32.9 Å². The molecule has 22 atom stereocenters. The number of nitrogens with two attached hydrogens (primary N) is 1. The Morgan fingerprint density at radius 2 is 1.49 bits per heavy atom. The molecule has 0 radical (unpaired) electrons. The van der Waals surface area contributed by atoms with E-state index in [2.05, 4.69) is 15.6 Å². The van der Waals surface area contributed by atoms with Gasteiger partial charge in [0.25, 0.3) is 5.79 Å². The SMILES string of the molecule is COC(=O)[C@@]1(OP(=O)(O)OC[C@H]2O[C@@H](n3ccc(N)nc3=O)[C@H](O)[C@@H]2O)O[C@@H]([C@H](O)[C@H](O)CO)[C@H](NC(C)=O)[C@@H](O)[C@H]1SCCCCCSC[C@H]1O[C@@H](O[C@@H]2[C@H](O)[C@@H](NC(C)=O)[C@H](OC)O[C@@H]2CO)[C@H](O)[C@@H](O)[C@H]1O. The van der Waals surface area contributed by atoms with Crippen molar-refractivity contribution in [3.8, 4) is 0 Å². The number of nitrogen functional groups attached to an aromatic ring is 1. The van der Waals surface area contributed by atoms with Gasteiger partial charge in [-0.05, 0) is 30.4 Å². The molecule has 2 amide bonds. The lowest BCUT2D eigenvalue weighted by Gasteiger charge is -2.50. The second kappa shape index (κ2) is 27.9. The van der Waals surface area contributed by atoms with Crippen LogP contribution in [0.2, 0.25) is 0 Å². The normalized spacial score (nSPS) is 37.8. The molecule has 0 aromatic carbocycles. The van der Waals surface area contributed by atoms with Crippen LogP contribution in [-0.2, 0) is 61.2 Å². The van der Waals surface area contributed by atoms with E-state index in [1.165, 1.54) is 31.9 Å². The first-order valence-electron chi connectivity index (χ1n) is 23.4. The summed E-state index contributed by atoms with van der Waals surface area (Å²) >= 11 is 2.00. The van der Waals surface area contributed by atoms with Gasteiger partial charge < -0.3 is 111 Å². The Morgan fingerprint density at radius 3 is 2.11 bits per heavy atom. The van der Waals surface area contributed by atoms with Gasteiger partial charge in [-0.25, -0.2) is 18.7 Å². The number of aromatic nitrogens is 2. The molecule has 4 aliphatic heterocycles. The zero-order chi connectivity index (χ0) is 55.7. The molecule has 1 aromatic rings. The summed E-state index contributed by atoms with van der Waals surface area (Å²) in [6.07, 6.45) is -26.4. The molecule has 34 heteroatoms. The minimum Gasteiger partial charge on any atom is -0.465 e. The van der Waals surface area contributed by atoms with E-state index in [0.717, 1.165) is 36.6 Å². The number of carbonyl (C=O) groups is 3. The number of ether oxygens (including phenoxy) is 7. The summed E-state index contributed by atoms with van der Waals surface area (Å²) in [7, 11) is -3.66. The number of esters is 1. The molecular formula is C41H68N5O26PS2. The Balaban J connectivity index is 1.25. The van der Waals surface area contributed by atoms with Crippen molar-refractivity contribution in [1.82, 2.24) is 20.2 Å². The Bertz CT molecular complexity index is 2150. The summed E-state index contributed by atoms with van der Waals surface area (Å²) in [6, 6.07) is -1.67. The number of aliphatic hydroxyl groups excluding tert-OH is 11. The number of hydrogen-bond donors (Lipinski definition) is 15. The first kappa shape index (κ1) is 63.1. The van der Waals surface area contributed by atoms with E-state index < -0.39 is 179 Å². The Morgan fingerprint density at radius 1 is 0.853 bits per heavy atom. The van der Waals surface area contributed by atoms with Crippen LogP contribution in [0.4, 0.5) is 5.82 Å². The maximum atomic E-state index is 13.9. The summed E-state index contributed by atoms with van der Waals surface area (Å²) < 4.78 is 64.1. The third-order valence-electron chi connectivity index (χ3n) is 12.5. The highest BCUT2D eigenvalue weighted by molar-refractivity contribution is 8.00. The number of unbranched alkanes of at least 4 members (excludes halogenated alkanes) is 2. The second-order valence-corrected chi connectivity index (χ2v) is 21.6. The summed E-state index contributed by atoms with van der Waals surface area (Å²) in [5.74, 6) is -5.88. The number of hydrogen-bond acceptors (Lipinski definition) is 29. The molecule has 4 fully saturated rings. The third-order valence-corrected chi connectivity index (χ3v) is 16.1. The minimum absolute atomic E-state index is 0.0154. The van der Waals surface area contributed by atoms with Crippen LogP contribution in [0.5, 0.6) is 0 Å². The lowest BCUT2D eigenvalue weighted by molar-refractivity contribution is -0.342. The van der Waals surface area contributed by atoms with Crippen LogP contribution in [0.15, 0.2) is 17.1 Å². The third kappa shape index (κ3) is 15.1. The Hall–Kier alpha value is -2.78. The highest BCUT2D eigenvalue weighted by atomic mass is 32.2. The predicted octanol–water partition coefficient (Wildman–Crippen LogP) is -7.15. The van der Waals surface area contributed by atoms with Gasteiger partial charge in [0.1, 0.15) is 85.1 Å². The molecule has 4 aliphatic rings. The van der Waals surface area contributed by atoms with Crippen LogP contribution >= 0.6 is 31.3 Å². The molecule has 0 saturated carbocycles. The highest BCUT2D eigenvalue weighted by Gasteiger charge is 2.65. The fourth-order valence-electron chi connectivity index (χ4n) is 8.71. The van der Waals surface area contributed by atoms with Crippen molar-refractivity contribution in [3.05, 3.63) is 22.7 Å². The second-order valence-electron chi connectivity index (χ2n) is 17.9. The summed E-state index contributed by atoms with van der Waals surface area (Å²) in [6.45, 7) is -0.647. The zero-order valence-electron chi connectivity index (χ0n) is 40.9. The lowest BCUT2D eigenvalue weighted by atomic mass is 9.88. The number of carbonyl (C=O) groups excluding carboxylic acids is 3. The van der Waals surface area contributed by atoms with Crippen molar-refractivity contribution < 1.29 is 122 Å². The van der Waals surface area contributed by atoms with Crippen LogP contribution in [0.3, 0.4) is 0 Å². The molecule has 4 saturated heterocycles. The number of methoxy groups -OCH3 is 2. The van der Waals surface area contributed by atoms with E-state index in [-0.39, 0.29) is 23.7 Å². The average molecular weight is 1140 g/mol. The number of phosphoric acid groups is 1. The van der Waals surface area contributed by atoms with Gasteiger partial charge in [0.2, 0.25) is 11.8 Å². The van der Waals surface area contributed by atoms with Crippen molar-refractivity contribution in [2.24, 2.45) is 0 Å². The van der Waals surface area contributed by atoms with Gasteiger partial charge >= 0.3 is 19.5 Å². The van der Waals surface area contributed by atoms with Gasteiger partial charge in [-0.2, -0.15) is 16.7 Å². The van der Waals surface area contributed by atoms with E-state index in [1.54, 1.807) is 0 Å². The fourth-order valence-corrected chi connectivity index (χ4v) is 12.2. The predicted molar refractivity (Wildman–Crippen MR) is 253 cm³/mol. The topological polar surface area (TPSA) is 479 Å². The first-order chi connectivity index (χ1) is 35.4. The van der Waals surface area contributed by atoms with Crippen LogP contribution in [0, 0.1) is 0 Å². The van der Waals surface area contributed by atoms with Crippen molar-refractivity contribution in [3.63, 3.8) is 0 Å². The molecule has 1 unspecified atom stereocenters. The van der Waals surface area contributed by atoms with Crippen LogP contribution < -0.4 is 22.1 Å². The van der Waals surface area contributed by atoms with Crippen LogP contribution in [0.1, 0.15) is 39.3 Å².